The fourth-order valence-electron chi connectivity index (χ4n) is 1.13. The maximum atomic E-state index is 14.0. The van der Waals surface area contributed by atoms with Crippen LogP contribution in [0.4, 0.5) is 4.39 Å². The highest BCUT2D eigenvalue weighted by atomic mass is 35.6. The van der Waals surface area contributed by atoms with Gasteiger partial charge in [-0.25, -0.2) is 4.39 Å². The van der Waals surface area contributed by atoms with Crippen molar-refractivity contribution in [3.05, 3.63) is 32.0 Å². The van der Waals surface area contributed by atoms with Crippen LogP contribution in [0.1, 0.15) is 11.1 Å². The number of rotatable bonds is 0. The van der Waals surface area contributed by atoms with E-state index in [9.17, 15) is 4.39 Å². The molecule has 0 aromatic heterocycles. The summed E-state index contributed by atoms with van der Waals surface area (Å²) in [6.07, 6.45) is 0. The Hall–Kier alpha value is 1.76. The Labute approximate surface area is 147 Å². The zero-order valence-electron chi connectivity index (χ0n) is 7.78. The van der Waals surface area contributed by atoms with E-state index in [1.807, 2.05) is 0 Å². The third-order valence-corrected chi connectivity index (χ3v) is 4.17. The van der Waals surface area contributed by atoms with E-state index < -0.39 is 24.0 Å². The highest BCUT2D eigenvalue weighted by Gasteiger charge is 2.39. The van der Waals surface area contributed by atoms with Crippen LogP contribution in [-0.2, 0) is 7.59 Å². The normalized spacial score (nSPS) is 13.0. The Morgan fingerprint density at radius 1 is 0.611 bits per heavy atom. The van der Waals surface area contributed by atoms with Crippen LogP contribution in [0.3, 0.4) is 0 Å². The van der Waals surface area contributed by atoms with Gasteiger partial charge >= 0.3 is 0 Å². The van der Waals surface area contributed by atoms with Crippen LogP contribution in [-0.4, -0.2) is 0 Å². The van der Waals surface area contributed by atoms with Crippen LogP contribution in [0.15, 0.2) is 0 Å². The van der Waals surface area contributed by atoms with Gasteiger partial charge in [0, 0.05) is 5.56 Å². The molecule has 0 atom stereocenters. The molecule has 1 aromatic carbocycles. The van der Waals surface area contributed by atoms with Gasteiger partial charge in [0.2, 0.25) is 7.59 Å². The van der Waals surface area contributed by atoms with E-state index in [1.54, 1.807) is 0 Å². The molecule has 0 aliphatic carbocycles. The Morgan fingerprint density at radius 3 is 1.28 bits per heavy atom. The van der Waals surface area contributed by atoms with Crippen molar-refractivity contribution >= 4 is 104 Å². The molecule has 102 valence electrons. The fourth-order valence-corrected chi connectivity index (χ4v) is 3.69. The highest BCUT2D eigenvalue weighted by molar-refractivity contribution is 6.69. The third kappa shape index (κ3) is 3.50. The number of alkyl halides is 6. The Morgan fingerprint density at radius 2 is 0.944 bits per heavy atom. The molecule has 0 nitrogen and oxygen atoms in total. The van der Waals surface area contributed by atoms with E-state index in [0.29, 0.717) is 0 Å². The minimum atomic E-state index is -2.17. The fraction of sp³-hybridized carbons (Fsp3) is 0.250. The van der Waals surface area contributed by atoms with Gasteiger partial charge in [0.1, 0.15) is 0 Å². The number of hydrogen-bond acceptors (Lipinski definition) is 0. The molecule has 0 saturated heterocycles. The molecular weight excluding hydrogens is 434 g/mol. The van der Waals surface area contributed by atoms with E-state index >= 15 is 0 Å². The summed E-state index contributed by atoms with van der Waals surface area (Å²) in [4.78, 5) is 0. The van der Waals surface area contributed by atoms with E-state index in [1.165, 1.54) is 0 Å². The highest BCUT2D eigenvalue weighted by Crippen LogP contribution is 2.53. The molecule has 0 saturated carbocycles. The van der Waals surface area contributed by atoms with Crippen LogP contribution >= 0.6 is 104 Å². The van der Waals surface area contributed by atoms with Crippen LogP contribution < -0.4 is 0 Å². The van der Waals surface area contributed by atoms with Crippen molar-refractivity contribution in [2.75, 3.05) is 0 Å². The summed E-state index contributed by atoms with van der Waals surface area (Å²) in [5.41, 5.74) is -0.835. The van der Waals surface area contributed by atoms with Crippen molar-refractivity contribution in [1.29, 1.82) is 0 Å². The second-order valence-electron chi connectivity index (χ2n) is 3.00. The Balaban J connectivity index is 3.79. The number of halogens is 10. The van der Waals surface area contributed by atoms with Crippen LogP contribution in [0.5, 0.6) is 0 Å². The summed E-state index contributed by atoms with van der Waals surface area (Å²) in [6, 6.07) is 0. The first-order valence-electron chi connectivity index (χ1n) is 3.89. The van der Waals surface area contributed by atoms with Gasteiger partial charge in [0.15, 0.2) is 5.82 Å². The zero-order valence-corrected chi connectivity index (χ0v) is 14.6. The molecule has 0 fully saturated rings. The summed E-state index contributed by atoms with van der Waals surface area (Å²) in [7, 11) is 0. The molecule has 0 spiro atoms. The van der Waals surface area contributed by atoms with E-state index in [2.05, 4.69) is 0 Å². The summed E-state index contributed by atoms with van der Waals surface area (Å²) < 4.78 is 9.78. The minimum absolute atomic E-state index is 0.301. The lowest BCUT2D eigenvalue weighted by atomic mass is 10.1. The lowest BCUT2D eigenvalue weighted by Crippen LogP contribution is -2.12. The molecule has 0 N–H and O–H groups in total. The molecule has 0 amide bonds. The molecule has 0 radical (unpaired) electrons. The quantitative estimate of drug-likeness (QED) is 0.294. The van der Waals surface area contributed by atoms with Gasteiger partial charge in [-0.15, -0.1) is 0 Å². The smallest absolute Gasteiger partial charge is 0.205 e. The van der Waals surface area contributed by atoms with Crippen molar-refractivity contribution in [3.63, 3.8) is 0 Å². The first-order chi connectivity index (χ1) is 7.89. The number of hydrogen-bond donors (Lipinski definition) is 0. The van der Waals surface area contributed by atoms with Gasteiger partial charge in [-0.2, -0.15) is 0 Å². The maximum absolute atomic E-state index is 14.0. The average molecular weight is 434 g/mol. The summed E-state index contributed by atoms with van der Waals surface area (Å²) in [5.74, 6) is -1.12. The summed E-state index contributed by atoms with van der Waals surface area (Å²) in [5, 5.41) is -1.27. The zero-order chi connectivity index (χ0) is 14.5. The molecule has 0 bridgehead atoms. The van der Waals surface area contributed by atoms with Crippen molar-refractivity contribution in [2.45, 2.75) is 7.59 Å². The average Bonchev–Trinajstić information content (AvgIpc) is 2.10. The lowest BCUT2D eigenvalue weighted by Gasteiger charge is -2.22. The second kappa shape index (κ2) is 5.87. The predicted molar refractivity (Wildman–Crippen MR) is 79.9 cm³/mol. The third-order valence-electron chi connectivity index (χ3n) is 1.83. The molecule has 1 aromatic rings. The molecule has 0 aliphatic heterocycles. The van der Waals surface area contributed by atoms with Crippen molar-refractivity contribution in [3.8, 4) is 0 Å². The molecule has 0 heterocycles. The van der Waals surface area contributed by atoms with E-state index in [0.717, 1.165) is 0 Å². The minimum Gasteiger partial charge on any atom is -0.205 e. The predicted octanol–water partition coefficient (Wildman–Crippen LogP) is 7.44. The largest absolute Gasteiger partial charge is 0.220 e. The lowest BCUT2D eigenvalue weighted by molar-refractivity contribution is 0.611. The molecule has 1 rings (SSSR count). The number of benzene rings is 1. The van der Waals surface area contributed by atoms with Crippen LogP contribution in [0.25, 0.3) is 0 Å². The standard InChI is InChI=1S/C8Cl9F/c9-3-1(7(12,13)14)5(11)6(18)2(4(3)10)8(15,16)17. The van der Waals surface area contributed by atoms with Crippen molar-refractivity contribution in [1.82, 2.24) is 0 Å². The summed E-state index contributed by atoms with van der Waals surface area (Å²) in [6.45, 7) is 0. The maximum Gasteiger partial charge on any atom is 0.220 e. The molecular formula is C8Cl9F. The van der Waals surface area contributed by atoms with Crippen molar-refractivity contribution in [2.24, 2.45) is 0 Å². The summed E-state index contributed by atoms with van der Waals surface area (Å²) >= 11 is 50.9. The topological polar surface area (TPSA) is 0 Å². The molecule has 10 heteroatoms. The SMILES string of the molecule is Fc1c(Cl)c(C(Cl)(Cl)Cl)c(Cl)c(Cl)c1C(Cl)(Cl)Cl. The van der Waals surface area contributed by atoms with Gasteiger partial charge in [-0.3, -0.25) is 0 Å². The van der Waals surface area contributed by atoms with E-state index in [4.69, 9.17) is 104 Å². The Bertz CT molecular complexity index is 411. The molecule has 0 unspecified atom stereocenters. The van der Waals surface area contributed by atoms with Crippen molar-refractivity contribution < 1.29 is 4.39 Å². The molecule has 18 heavy (non-hydrogen) atoms. The van der Waals surface area contributed by atoms with E-state index in [-0.39, 0.29) is 15.6 Å². The first kappa shape index (κ1) is 17.8. The van der Waals surface area contributed by atoms with Gasteiger partial charge in [0.25, 0.3) is 0 Å². The monoisotopic (exact) mass is 430 g/mol. The molecule has 0 aliphatic rings. The van der Waals surface area contributed by atoms with Gasteiger partial charge in [-0.05, 0) is 0 Å². The van der Waals surface area contributed by atoms with Crippen LogP contribution in [0, 0.1) is 5.82 Å². The van der Waals surface area contributed by atoms with Gasteiger partial charge in [0.05, 0.1) is 20.6 Å². The Kier molecular flexibility index (Phi) is 5.80. The van der Waals surface area contributed by atoms with Gasteiger partial charge < -0.3 is 0 Å². The second-order valence-corrected chi connectivity index (χ2v) is 8.70. The van der Waals surface area contributed by atoms with Gasteiger partial charge in [-0.1, -0.05) is 104 Å². The first-order valence-corrected chi connectivity index (χ1v) is 7.29. The van der Waals surface area contributed by atoms with Crippen LogP contribution in [0.2, 0.25) is 15.1 Å².